The molecular formula is C16H30N2O3. The Balaban J connectivity index is 2.68. The third-order valence-electron chi connectivity index (χ3n) is 4.64. The first kappa shape index (κ1) is 18.0. The van der Waals surface area contributed by atoms with Gasteiger partial charge in [0.1, 0.15) is 6.04 Å². The molecule has 1 aliphatic heterocycles. The smallest absolute Gasteiger partial charge is 0.243 e. The van der Waals surface area contributed by atoms with Gasteiger partial charge in [-0.25, -0.2) is 0 Å². The molecule has 0 aromatic heterocycles. The molecule has 0 spiro atoms. The first-order valence-electron chi connectivity index (χ1n) is 8.00. The zero-order valence-electron chi connectivity index (χ0n) is 14.0. The molecule has 0 bridgehead atoms. The molecule has 2 N–H and O–H groups in total. The monoisotopic (exact) mass is 298 g/mol. The van der Waals surface area contributed by atoms with Crippen LogP contribution in [0.15, 0.2) is 0 Å². The van der Waals surface area contributed by atoms with Gasteiger partial charge in [0.25, 0.3) is 0 Å². The van der Waals surface area contributed by atoms with Crippen LogP contribution in [0.5, 0.6) is 0 Å². The summed E-state index contributed by atoms with van der Waals surface area (Å²) in [5.41, 5.74) is -0.930. The molecule has 0 saturated carbocycles. The number of nitrogens with one attached hydrogen (secondary N) is 1. The second-order valence-electron chi connectivity index (χ2n) is 6.76. The summed E-state index contributed by atoms with van der Waals surface area (Å²) in [7, 11) is 0. The molecule has 5 nitrogen and oxygen atoms in total. The van der Waals surface area contributed by atoms with E-state index in [0.717, 1.165) is 12.8 Å². The SMILES string of the molecule is CCC(C)C(C)(O)CNC(=O)C(C(C)C)N1CCCC1=O. The summed E-state index contributed by atoms with van der Waals surface area (Å²) in [6.45, 7) is 10.5. The van der Waals surface area contributed by atoms with Crippen molar-refractivity contribution < 1.29 is 14.7 Å². The molecule has 3 unspecified atom stereocenters. The Hall–Kier alpha value is -1.10. The fourth-order valence-electron chi connectivity index (χ4n) is 2.75. The Morgan fingerprint density at radius 3 is 2.48 bits per heavy atom. The van der Waals surface area contributed by atoms with Gasteiger partial charge in [-0.3, -0.25) is 9.59 Å². The van der Waals surface area contributed by atoms with Crippen molar-refractivity contribution in [3.8, 4) is 0 Å². The van der Waals surface area contributed by atoms with Crippen LogP contribution in [-0.4, -0.2) is 46.6 Å². The molecule has 1 saturated heterocycles. The second-order valence-corrected chi connectivity index (χ2v) is 6.76. The van der Waals surface area contributed by atoms with E-state index in [1.165, 1.54) is 0 Å². The average molecular weight is 298 g/mol. The van der Waals surface area contributed by atoms with E-state index in [0.29, 0.717) is 13.0 Å². The van der Waals surface area contributed by atoms with Crippen molar-refractivity contribution >= 4 is 11.8 Å². The van der Waals surface area contributed by atoms with Crippen LogP contribution in [0.4, 0.5) is 0 Å². The molecule has 1 heterocycles. The van der Waals surface area contributed by atoms with Crippen molar-refractivity contribution in [1.29, 1.82) is 0 Å². The number of carbonyl (C=O) groups is 2. The highest BCUT2D eigenvalue weighted by molar-refractivity contribution is 5.88. The van der Waals surface area contributed by atoms with E-state index in [1.54, 1.807) is 11.8 Å². The van der Waals surface area contributed by atoms with Crippen LogP contribution in [0.2, 0.25) is 0 Å². The number of rotatable bonds is 7. The van der Waals surface area contributed by atoms with E-state index >= 15 is 0 Å². The van der Waals surface area contributed by atoms with Gasteiger partial charge in [-0.2, -0.15) is 0 Å². The van der Waals surface area contributed by atoms with Crippen LogP contribution in [0.25, 0.3) is 0 Å². The van der Waals surface area contributed by atoms with Crippen LogP contribution in [-0.2, 0) is 9.59 Å². The molecule has 0 aromatic rings. The third kappa shape index (κ3) is 4.43. The highest BCUT2D eigenvalue weighted by atomic mass is 16.3. The van der Waals surface area contributed by atoms with E-state index in [2.05, 4.69) is 5.32 Å². The number of aliphatic hydroxyl groups is 1. The van der Waals surface area contributed by atoms with Gasteiger partial charge in [-0.15, -0.1) is 0 Å². The lowest BCUT2D eigenvalue weighted by molar-refractivity contribution is -0.139. The van der Waals surface area contributed by atoms with E-state index in [9.17, 15) is 14.7 Å². The Morgan fingerprint density at radius 1 is 1.43 bits per heavy atom. The van der Waals surface area contributed by atoms with Gasteiger partial charge in [0, 0.05) is 19.5 Å². The molecule has 3 atom stereocenters. The maximum Gasteiger partial charge on any atom is 0.243 e. The van der Waals surface area contributed by atoms with Gasteiger partial charge in [0.15, 0.2) is 0 Å². The molecule has 1 rings (SSSR count). The quantitative estimate of drug-likeness (QED) is 0.749. The molecule has 5 heteroatoms. The highest BCUT2D eigenvalue weighted by Gasteiger charge is 2.36. The van der Waals surface area contributed by atoms with E-state index in [-0.39, 0.29) is 30.2 Å². The van der Waals surface area contributed by atoms with Gasteiger partial charge in [-0.1, -0.05) is 34.1 Å². The minimum absolute atomic E-state index is 0.0533. The largest absolute Gasteiger partial charge is 0.388 e. The van der Waals surface area contributed by atoms with Crippen molar-refractivity contribution in [3.63, 3.8) is 0 Å². The van der Waals surface area contributed by atoms with Crippen molar-refractivity contribution in [2.75, 3.05) is 13.1 Å². The minimum atomic E-state index is -0.930. The summed E-state index contributed by atoms with van der Waals surface area (Å²) in [6, 6.07) is -0.437. The van der Waals surface area contributed by atoms with Gasteiger partial charge >= 0.3 is 0 Å². The van der Waals surface area contributed by atoms with Crippen LogP contribution >= 0.6 is 0 Å². The lowest BCUT2D eigenvalue weighted by atomic mass is 9.88. The molecule has 2 amide bonds. The zero-order valence-corrected chi connectivity index (χ0v) is 14.0. The Morgan fingerprint density at radius 2 is 2.05 bits per heavy atom. The normalized spacial score (nSPS) is 21.3. The lowest BCUT2D eigenvalue weighted by Crippen LogP contribution is -2.54. The van der Waals surface area contributed by atoms with Gasteiger partial charge in [0.2, 0.25) is 11.8 Å². The molecule has 21 heavy (non-hydrogen) atoms. The van der Waals surface area contributed by atoms with Gasteiger partial charge in [0.05, 0.1) is 5.60 Å². The van der Waals surface area contributed by atoms with Gasteiger partial charge in [-0.05, 0) is 25.2 Å². The summed E-state index contributed by atoms with van der Waals surface area (Å²) >= 11 is 0. The second kappa shape index (κ2) is 7.25. The summed E-state index contributed by atoms with van der Waals surface area (Å²) in [5.74, 6) is 0.0469. The molecular weight excluding hydrogens is 268 g/mol. The van der Waals surface area contributed by atoms with Gasteiger partial charge < -0.3 is 15.3 Å². The number of hydrogen-bond donors (Lipinski definition) is 2. The van der Waals surface area contributed by atoms with Crippen molar-refractivity contribution in [2.45, 2.75) is 65.5 Å². The summed E-state index contributed by atoms with van der Waals surface area (Å²) < 4.78 is 0. The Kier molecular flexibility index (Phi) is 6.20. The maximum atomic E-state index is 12.5. The fourth-order valence-corrected chi connectivity index (χ4v) is 2.75. The lowest BCUT2D eigenvalue weighted by Gasteiger charge is -2.33. The van der Waals surface area contributed by atoms with Crippen LogP contribution in [0.1, 0.15) is 53.9 Å². The summed E-state index contributed by atoms with van der Waals surface area (Å²) in [5, 5.41) is 13.2. The van der Waals surface area contributed by atoms with Crippen molar-refractivity contribution in [2.24, 2.45) is 11.8 Å². The molecule has 0 aromatic carbocycles. The maximum absolute atomic E-state index is 12.5. The standard InChI is InChI=1S/C16H30N2O3/c1-6-12(4)16(5,21)10-17-15(20)14(11(2)3)18-9-7-8-13(18)19/h11-12,14,21H,6-10H2,1-5H3,(H,17,20). The van der Waals surface area contributed by atoms with Crippen LogP contribution in [0.3, 0.4) is 0 Å². The number of amides is 2. The number of likely N-dealkylation sites (tertiary alicyclic amines) is 1. The molecule has 1 aliphatic rings. The molecule has 1 fully saturated rings. The average Bonchev–Trinajstić information content (AvgIpc) is 2.81. The molecule has 122 valence electrons. The topological polar surface area (TPSA) is 69.6 Å². The summed E-state index contributed by atoms with van der Waals surface area (Å²) in [6.07, 6.45) is 2.20. The Labute approximate surface area is 128 Å². The highest BCUT2D eigenvalue weighted by Crippen LogP contribution is 2.21. The number of nitrogens with zero attached hydrogens (tertiary/aromatic N) is 1. The first-order chi connectivity index (χ1) is 9.70. The summed E-state index contributed by atoms with van der Waals surface area (Å²) in [4.78, 5) is 26.0. The molecule has 0 aliphatic carbocycles. The van der Waals surface area contributed by atoms with Crippen molar-refractivity contribution in [1.82, 2.24) is 10.2 Å². The number of carbonyl (C=O) groups excluding carboxylic acids is 2. The third-order valence-corrected chi connectivity index (χ3v) is 4.64. The Bertz CT molecular complexity index is 380. The molecule has 0 radical (unpaired) electrons. The van der Waals surface area contributed by atoms with Crippen LogP contribution in [0, 0.1) is 11.8 Å². The fraction of sp³-hybridized carbons (Fsp3) is 0.875. The first-order valence-corrected chi connectivity index (χ1v) is 8.00. The van der Waals surface area contributed by atoms with E-state index < -0.39 is 11.6 Å². The van der Waals surface area contributed by atoms with E-state index in [4.69, 9.17) is 0 Å². The van der Waals surface area contributed by atoms with Crippen molar-refractivity contribution in [3.05, 3.63) is 0 Å². The minimum Gasteiger partial charge on any atom is -0.388 e. The zero-order chi connectivity index (χ0) is 16.2. The van der Waals surface area contributed by atoms with Crippen LogP contribution < -0.4 is 5.32 Å². The predicted molar refractivity (Wildman–Crippen MR) is 82.7 cm³/mol. The van der Waals surface area contributed by atoms with E-state index in [1.807, 2.05) is 27.7 Å². The predicted octanol–water partition coefficient (Wildman–Crippen LogP) is 1.55. The number of hydrogen-bond acceptors (Lipinski definition) is 3.